The second-order valence-corrected chi connectivity index (χ2v) is 6.96. The number of fused-ring (bicyclic) bond motifs is 3. The van der Waals surface area contributed by atoms with Gasteiger partial charge in [-0.3, -0.25) is 4.79 Å². The summed E-state index contributed by atoms with van der Waals surface area (Å²) >= 11 is 0. The molecule has 146 valence electrons. The van der Waals surface area contributed by atoms with Crippen molar-refractivity contribution in [3.8, 4) is 11.1 Å². The normalized spacial score (nSPS) is 13.4. The van der Waals surface area contributed by atoms with E-state index in [1.165, 1.54) is 6.07 Å². The highest BCUT2D eigenvalue weighted by molar-refractivity contribution is 5.89. The molecule has 29 heavy (non-hydrogen) atoms. The molecule has 0 saturated heterocycles. The molecule has 0 spiro atoms. The van der Waals surface area contributed by atoms with Crippen molar-refractivity contribution in [2.45, 2.75) is 18.4 Å². The SMILES string of the molecule is O=C(Cc1ccc(F)c(F)c1)N[C@H](C(=O)O)C1c2ccccc2-c2ccccc21. The predicted molar refractivity (Wildman–Crippen MR) is 103 cm³/mol. The molecule has 1 aliphatic carbocycles. The highest BCUT2D eigenvalue weighted by Gasteiger charge is 2.38. The molecule has 3 aromatic rings. The van der Waals surface area contributed by atoms with Gasteiger partial charge in [-0.05, 0) is 39.9 Å². The number of rotatable bonds is 5. The van der Waals surface area contributed by atoms with Crippen molar-refractivity contribution in [1.82, 2.24) is 5.32 Å². The van der Waals surface area contributed by atoms with Gasteiger partial charge < -0.3 is 10.4 Å². The monoisotopic (exact) mass is 393 g/mol. The molecule has 4 nitrogen and oxygen atoms in total. The third-order valence-corrected chi connectivity index (χ3v) is 5.15. The lowest BCUT2D eigenvalue weighted by Crippen LogP contribution is -2.45. The first-order valence-electron chi connectivity index (χ1n) is 9.10. The summed E-state index contributed by atoms with van der Waals surface area (Å²) < 4.78 is 26.5. The van der Waals surface area contributed by atoms with Gasteiger partial charge in [0.25, 0.3) is 0 Å². The molecule has 0 unspecified atom stereocenters. The maximum Gasteiger partial charge on any atom is 0.327 e. The molecule has 0 saturated carbocycles. The van der Waals surface area contributed by atoms with Crippen LogP contribution in [-0.4, -0.2) is 23.0 Å². The summed E-state index contributed by atoms with van der Waals surface area (Å²) in [4.78, 5) is 24.6. The van der Waals surface area contributed by atoms with Gasteiger partial charge in [0, 0.05) is 5.92 Å². The van der Waals surface area contributed by atoms with Crippen LogP contribution in [0.25, 0.3) is 11.1 Å². The average molecular weight is 393 g/mol. The van der Waals surface area contributed by atoms with Gasteiger partial charge in [0.05, 0.1) is 6.42 Å². The van der Waals surface area contributed by atoms with Gasteiger partial charge in [-0.1, -0.05) is 54.6 Å². The topological polar surface area (TPSA) is 66.4 Å². The van der Waals surface area contributed by atoms with Crippen molar-refractivity contribution in [2.75, 3.05) is 0 Å². The predicted octanol–water partition coefficient (Wildman–Crippen LogP) is 3.89. The van der Waals surface area contributed by atoms with Crippen LogP contribution in [0.3, 0.4) is 0 Å². The Hall–Kier alpha value is -3.54. The number of carboxylic acids is 1. The molecule has 1 atom stereocenters. The highest BCUT2D eigenvalue weighted by Crippen LogP contribution is 2.46. The van der Waals surface area contributed by atoms with Crippen LogP contribution >= 0.6 is 0 Å². The fourth-order valence-corrected chi connectivity index (χ4v) is 3.90. The van der Waals surface area contributed by atoms with Gasteiger partial charge >= 0.3 is 5.97 Å². The molecular weight excluding hydrogens is 376 g/mol. The van der Waals surface area contributed by atoms with Gasteiger partial charge in [-0.25, -0.2) is 13.6 Å². The standard InChI is InChI=1S/C23H17F2NO3/c24-18-10-9-13(11-19(18)25)12-20(27)26-22(23(28)29)21-16-7-3-1-5-14(16)15-6-2-4-8-17(15)21/h1-11,21-22H,12H2,(H,26,27)(H,28,29)/t22-/m0/s1. The van der Waals surface area contributed by atoms with E-state index in [0.717, 1.165) is 34.4 Å². The van der Waals surface area contributed by atoms with Gasteiger partial charge in [0.2, 0.25) is 5.91 Å². The Bertz CT molecular complexity index is 1070. The second-order valence-electron chi connectivity index (χ2n) is 6.96. The Kier molecular flexibility index (Phi) is 4.84. The number of aliphatic carboxylic acids is 1. The van der Waals surface area contributed by atoms with Crippen LogP contribution < -0.4 is 5.32 Å². The zero-order valence-electron chi connectivity index (χ0n) is 15.2. The Morgan fingerprint density at radius 3 is 2.03 bits per heavy atom. The lowest BCUT2D eigenvalue weighted by atomic mass is 9.89. The maximum absolute atomic E-state index is 13.4. The van der Waals surface area contributed by atoms with Crippen LogP contribution in [0.5, 0.6) is 0 Å². The largest absolute Gasteiger partial charge is 0.480 e. The molecule has 0 aliphatic heterocycles. The summed E-state index contributed by atoms with van der Waals surface area (Å²) in [6.45, 7) is 0. The zero-order valence-corrected chi connectivity index (χ0v) is 15.2. The molecule has 6 heteroatoms. The second kappa shape index (κ2) is 7.47. The van der Waals surface area contributed by atoms with Crippen molar-refractivity contribution < 1.29 is 23.5 Å². The first-order chi connectivity index (χ1) is 14.0. The molecule has 0 fully saturated rings. The highest BCUT2D eigenvalue weighted by atomic mass is 19.2. The Labute approximate surface area is 165 Å². The first-order valence-corrected chi connectivity index (χ1v) is 9.10. The average Bonchev–Trinajstić information content (AvgIpc) is 3.03. The summed E-state index contributed by atoms with van der Waals surface area (Å²) in [7, 11) is 0. The third kappa shape index (κ3) is 3.49. The van der Waals surface area contributed by atoms with E-state index < -0.39 is 35.5 Å². The smallest absolute Gasteiger partial charge is 0.327 e. The molecule has 0 bridgehead atoms. The number of nitrogens with one attached hydrogen (secondary N) is 1. The lowest BCUT2D eigenvalue weighted by Gasteiger charge is -2.23. The third-order valence-electron chi connectivity index (χ3n) is 5.15. The van der Waals surface area contributed by atoms with E-state index in [2.05, 4.69) is 5.32 Å². The minimum atomic E-state index is -1.20. The number of carboxylic acid groups (broad SMARTS) is 1. The number of halogens is 2. The van der Waals surface area contributed by atoms with Crippen LogP contribution in [-0.2, 0) is 16.0 Å². The quantitative estimate of drug-likeness (QED) is 0.691. The molecule has 3 aromatic carbocycles. The van der Waals surface area contributed by atoms with E-state index in [1.54, 1.807) is 0 Å². The van der Waals surface area contributed by atoms with Crippen molar-refractivity contribution in [2.24, 2.45) is 0 Å². The van der Waals surface area contributed by atoms with Crippen molar-refractivity contribution in [1.29, 1.82) is 0 Å². The van der Waals surface area contributed by atoms with Crippen LogP contribution in [0.15, 0.2) is 66.7 Å². The van der Waals surface area contributed by atoms with E-state index in [0.29, 0.717) is 0 Å². The van der Waals surface area contributed by atoms with Gasteiger partial charge in [-0.2, -0.15) is 0 Å². The molecular formula is C23H17F2NO3. The van der Waals surface area contributed by atoms with Crippen LogP contribution in [0.2, 0.25) is 0 Å². The molecule has 2 N–H and O–H groups in total. The molecule has 4 rings (SSSR count). The van der Waals surface area contributed by atoms with Crippen LogP contribution in [0, 0.1) is 11.6 Å². The molecule has 1 amide bonds. The van der Waals surface area contributed by atoms with Crippen molar-refractivity contribution >= 4 is 11.9 Å². The van der Waals surface area contributed by atoms with E-state index in [1.807, 2.05) is 48.5 Å². The molecule has 0 heterocycles. The number of hydrogen-bond donors (Lipinski definition) is 2. The fraction of sp³-hybridized carbons (Fsp3) is 0.130. The summed E-state index contributed by atoms with van der Waals surface area (Å²) in [6, 6.07) is 17.0. The number of benzene rings is 3. The number of amides is 1. The number of carbonyl (C=O) groups is 2. The van der Waals surface area contributed by atoms with Gasteiger partial charge in [0.1, 0.15) is 6.04 Å². The number of carbonyl (C=O) groups excluding carboxylic acids is 1. The maximum atomic E-state index is 13.4. The minimum absolute atomic E-state index is 0.253. The van der Waals surface area contributed by atoms with Crippen molar-refractivity contribution in [3.05, 3.63) is 95.1 Å². The van der Waals surface area contributed by atoms with E-state index in [-0.39, 0.29) is 12.0 Å². The first kappa shape index (κ1) is 18.8. The molecule has 0 radical (unpaired) electrons. The Morgan fingerprint density at radius 2 is 1.48 bits per heavy atom. The van der Waals surface area contributed by atoms with Crippen LogP contribution in [0.1, 0.15) is 22.6 Å². The number of hydrogen-bond acceptors (Lipinski definition) is 2. The van der Waals surface area contributed by atoms with E-state index in [4.69, 9.17) is 0 Å². The van der Waals surface area contributed by atoms with E-state index in [9.17, 15) is 23.5 Å². The summed E-state index contributed by atoms with van der Waals surface area (Å²) in [5, 5.41) is 12.4. The fourth-order valence-electron chi connectivity index (χ4n) is 3.90. The zero-order chi connectivity index (χ0) is 20.5. The minimum Gasteiger partial charge on any atom is -0.480 e. The Morgan fingerprint density at radius 1 is 0.897 bits per heavy atom. The summed E-state index contributed by atoms with van der Waals surface area (Å²) in [5.41, 5.74) is 3.80. The van der Waals surface area contributed by atoms with E-state index >= 15 is 0 Å². The molecule has 0 aromatic heterocycles. The summed E-state index contributed by atoms with van der Waals surface area (Å²) in [6.07, 6.45) is -0.253. The summed E-state index contributed by atoms with van der Waals surface area (Å²) in [5.74, 6) is -4.35. The Balaban J connectivity index is 1.64. The van der Waals surface area contributed by atoms with Crippen molar-refractivity contribution in [3.63, 3.8) is 0 Å². The lowest BCUT2D eigenvalue weighted by molar-refractivity contribution is -0.142. The molecule has 1 aliphatic rings. The van der Waals surface area contributed by atoms with Crippen LogP contribution in [0.4, 0.5) is 8.78 Å². The van der Waals surface area contributed by atoms with Gasteiger partial charge in [0.15, 0.2) is 11.6 Å². The van der Waals surface area contributed by atoms with Gasteiger partial charge in [-0.15, -0.1) is 0 Å².